The Kier molecular flexibility index (Phi) is 3.30. The smallest absolute Gasteiger partial charge is 0.0672 e. The fourth-order valence-electron chi connectivity index (χ4n) is 3.24. The summed E-state index contributed by atoms with van der Waals surface area (Å²) in [7, 11) is 4.35. The van der Waals surface area contributed by atoms with Crippen LogP contribution < -0.4 is 11.1 Å². The number of hydrogen-bond acceptors (Lipinski definition) is 4. The minimum atomic E-state index is 0.259. The van der Waals surface area contributed by atoms with E-state index in [-0.39, 0.29) is 5.54 Å². The van der Waals surface area contributed by atoms with E-state index in [2.05, 4.69) is 40.6 Å². The summed E-state index contributed by atoms with van der Waals surface area (Å²) in [6.07, 6.45) is 6.93. The van der Waals surface area contributed by atoms with Gasteiger partial charge in [-0.15, -0.1) is 0 Å². The molecule has 1 fully saturated rings. The molecule has 20 heavy (non-hydrogen) atoms. The second kappa shape index (κ2) is 4.98. The van der Waals surface area contributed by atoms with Gasteiger partial charge in [0.1, 0.15) is 0 Å². The first-order chi connectivity index (χ1) is 9.61. The highest BCUT2D eigenvalue weighted by atomic mass is 15.2. The van der Waals surface area contributed by atoms with Gasteiger partial charge >= 0.3 is 0 Å². The van der Waals surface area contributed by atoms with Gasteiger partial charge in [-0.05, 0) is 39.1 Å². The molecule has 0 bridgehead atoms. The number of nitrogen functional groups attached to an aromatic ring is 1. The maximum absolute atomic E-state index is 6.13. The Hall–Kier alpha value is -1.75. The molecule has 108 valence electrons. The summed E-state index contributed by atoms with van der Waals surface area (Å²) in [4.78, 5) is 2.36. The van der Waals surface area contributed by atoms with Crippen molar-refractivity contribution in [3.63, 3.8) is 0 Å². The zero-order valence-corrected chi connectivity index (χ0v) is 12.2. The summed E-state index contributed by atoms with van der Waals surface area (Å²) in [5, 5.41) is 11.6. The lowest BCUT2D eigenvalue weighted by Gasteiger charge is -2.37. The van der Waals surface area contributed by atoms with Crippen LogP contribution in [0.3, 0.4) is 0 Å². The van der Waals surface area contributed by atoms with Crippen LogP contribution in [0.2, 0.25) is 0 Å². The van der Waals surface area contributed by atoms with Crippen molar-refractivity contribution in [2.45, 2.75) is 31.2 Å². The van der Waals surface area contributed by atoms with Crippen molar-refractivity contribution in [3.05, 3.63) is 18.3 Å². The number of aromatic amines is 1. The summed E-state index contributed by atoms with van der Waals surface area (Å²) < 4.78 is 0. The zero-order chi connectivity index (χ0) is 14.2. The van der Waals surface area contributed by atoms with Crippen molar-refractivity contribution < 1.29 is 0 Å². The molecule has 1 saturated carbocycles. The number of nitrogens with one attached hydrogen (secondary N) is 2. The summed E-state index contributed by atoms with van der Waals surface area (Å²) in [6, 6.07) is 4.02. The molecule has 1 aliphatic carbocycles. The van der Waals surface area contributed by atoms with E-state index in [0.717, 1.165) is 28.8 Å². The number of nitrogens with zero attached hydrogens (tertiary/aromatic N) is 2. The Morgan fingerprint density at radius 1 is 1.35 bits per heavy atom. The molecule has 4 N–H and O–H groups in total. The lowest BCUT2D eigenvalue weighted by Crippen LogP contribution is -2.47. The normalized spacial score (nSPS) is 17.9. The Morgan fingerprint density at radius 2 is 2.10 bits per heavy atom. The number of fused-ring (bicyclic) bond motifs is 1. The second-order valence-electron chi connectivity index (χ2n) is 6.08. The summed E-state index contributed by atoms with van der Waals surface area (Å²) in [5.41, 5.74) is 9.19. The number of anilines is 2. The molecule has 0 unspecified atom stereocenters. The van der Waals surface area contributed by atoms with E-state index in [1.807, 2.05) is 6.07 Å². The highest BCUT2D eigenvalue weighted by Crippen LogP contribution is 2.34. The molecule has 3 rings (SSSR count). The third-order valence-corrected chi connectivity index (χ3v) is 4.70. The number of nitrogens with two attached hydrogens (primary N) is 1. The van der Waals surface area contributed by atoms with Gasteiger partial charge in [0.05, 0.1) is 23.1 Å². The molecule has 0 atom stereocenters. The van der Waals surface area contributed by atoms with Crippen molar-refractivity contribution in [1.29, 1.82) is 0 Å². The van der Waals surface area contributed by atoms with Crippen molar-refractivity contribution in [3.8, 4) is 0 Å². The van der Waals surface area contributed by atoms with Crippen LogP contribution in [0.25, 0.3) is 10.9 Å². The quantitative estimate of drug-likeness (QED) is 0.748. The van der Waals surface area contributed by atoms with E-state index >= 15 is 0 Å². The van der Waals surface area contributed by atoms with Gasteiger partial charge in [-0.3, -0.25) is 5.10 Å². The Bertz CT molecular complexity index is 595. The fourth-order valence-corrected chi connectivity index (χ4v) is 3.24. The van der Waals surface area contributed by atoms with E-state index in [9.17, 15) is 0 Å². The van der Waals surface area contributed by atoms with Crippen LogP contribution in [-0.4, -0.2) is 41.3 Å². The number of hydrogen-bond donors (Lipinski definition) is 3. The first kappa shape index (κ1) is 13.2. The van der Waals surface area contributed by atoms with Crippen LogP contribution >= 0.6 is 0 Å². The fraction of sp³-hybridized carbons (Fsp3) is 0.533. The first-order valence-electron chi connectivity index (χ1n) is 7.25. The molecule has 2 aromatic rings. The number of likely N-dealkylation sites (N-methyl/N-ethyl adjacent to an activating group) is 1. The largest absolute Gasteiger partial charge is 0.397 e. The molecule has 1 aromatic heterocycles. The average molecular weight is 273 g/mol. The first-order valence-corrected chi connectivity index (χ1v) is 7.25. The van der Waals surface area contributed by atoms with Gasteiger partial charge in [0.25, 0.3) is 0 Å². The minimum Gasteiger partial charge on any atom is -0.397 e. The Morgan fingerprint density at radius 3 is 2.80 bits per heavy atom. The maximum atomic E-state index is 6.13. The molecule has 1 aromatic carbocycles. The van der Waals surface area contributed by atoms with Gasteiger partial charge in [0.2, 0.25) is 0 Å². The highest BCUT2D eigenvalue weighted by molar-refractivity contribution is 5.88. The van der Waals surface area contributed by atoms with Crippen LogP contribution in [0.1, 0.15) is 25.7 Å². The topological polar surface area (TPSA) is 70.0 Å². The molecule has 5 nitrogen and oxygen atoms in total. The van der Waals surface area contributed by atoms with Crippen LogP contribution in [-0.2, 0) is 0 Å². The van der Waals surface area contributed by atoms with Gasteiger partial charge in [-0.1, -0.05) is 12.8 Å². The van der Waals surface area contributed by atoms with Crippen LogP contribution in [0.5, 0.6) is 0 Å². The lowest BCUT2D eigenvalue weighted by atomic mass is 9.96. The standard InChI is InChI=1S/C15H23N5/c1-20(2)15(5-3-4-6-15)10-17-14-8-13-11(7-12(14)16)9-18-19-13/h7-9,17H,3-6,10,16H2,1-2H3,(H,18,19). The number of benzene rings is 1. The van der Waals surface area contributed by atoms with E-state index in [1.165, 1.54) is 25.7 Å². The van der Waals surface area contributed by atoms with Crippen molar-refractivity contribution in [1.82, 2.24) is 15.1 Å². The van der Waals surface area contributed by atoms with Gasteiger partial charge in [0.15, 0.2) is 0 Å². The summed E-state index contributed by atoms with van der Waals surface area (Å²) in [5.74, 6) is 0. The number of rotatable bonds is 4. The van der Waals surface area contributed by atoms with Crippen molar-refractivity contribution in [2.75, 3.05) is 31.7 Å². The van der Waals surface area contributed by atoms with Crippen LogP contribution in [0, 0.1) is 0 Å². The van der Waals surface area contributed by atoms with E-state index in [1.54, 1.807) is 6.20 Å². The number of aromatic nitrogens is 2. The third kappa shape index (κ3) is 2.22. The monoisotopic (exact) mass is 273 g/mol. The SMILES string of the molecule is CN(C)C1(CNc2cc3[nH]ncc3cc2N)CCCC1. The lowest BCUT2D eigenvalue weighted by molar-refractivity contribution is 0.172. The van der Waals surface area contributed by atoms with Gasteiger partial charge < -0.3 is 16.0 Å². The average Bonchev–Trinajstić information content (AvgIpc) is 3.04. The second-order valence-corrected chi connectivity index (χ2v) is 6.08. The van der Waals surface area contributed by atoms with Crippen molar-refractivity contribution in [2.24, 2.45) is 0 Å². The molecule has 5 heteroatoms. The van der Waals surface area contributed by atoms with E-state index < -0.39 is 0 Å². The third-order valence-electron chi connectivity index (χ3n) is 4.70. The van der Waals surface area contributed by atoms with Gasteiger partial charge in [-0.2, -0.15) is 5.10 Å². The molecule has 0 spiro atoms. The highest BCUT2D eigenvalue weighted by Gasteiger charge is 2.35. The zero-order valence-electron chi connectivity index (χ0n) is 12.2. The molecule has 1 aliphatic rings. The molecule has 0 amide bonds. The van der Waals surface area contributed by atoms with E-state index in [4.69, 9.17) is 5.73 Å². The summed E-state index contributed by atoms with van der Waals surface area (Å²) >= 11 is 0. The predicted molar refractivity (Wildman–Crippen MR) is 83.9 cm³/mol. The predicted octanol–water partition coefficient (Wildman–Crippen LogP) is 2.43. The maximum Gasteiger partial charge on any atom is 0.0672 e. The molecular formula is C15H23N5. The molecular weight excluding hydrogens is 250 g/mol. The number of H-pyrrole nitrogens is 1. The van der Waals surface area contributed by atoms with Crippen molar-refractivity contribution >= 4 is 22.3 Å². The molecule has 0 radical (unpaired) electrons. The van der Waals surface area contributed by atoms with Crippen LogP contribution in [0.15, 0.2) is 18.3 Å². The summed E-state index contributed by atoms with van der Waals surface area (Å²) in [6.45, 7) is 0.934. The molecule has 0 aliphatic heterocycles. The molecule has 0 saturated heterocycles. The van der Waals surface area contributed by atoms with E-state index in [0.29, 0.717) is 0 Å². The minimum absolute atomic E-state index is 0.259. The molecule has 1 heterocycles. The van der Waals surface area contributed by atoms with Gasteiger partial charge in [0, 0.05) is 17.5 Å². The Labute approximate surface area is 119 Å². The van der Waals surface area contributed by atoms with Crippen LogP contribution in [0.4, 0.5) is 11.4 Å². The van der Waals surface area contributed by atoms with Gasteiger partial charge in [-0.25, -0.2) is 0 Å². The Balaban J connectivity index is 1.80.